The molecule has 0 saturated carbocycles. The zero-order valence-electron chi connectivity index (χ0n) is 16.1. The smallest absolute Gasteiger partial charge is 0.251 e. The number of rotatable bonds is 6. The second-order valence-corrected chi connectivity index (χ2v) is 6.91. The Morgan fingerprint density at radius 2 is 1.69 bits per heavy atom. The molecule has 0 bridgehead atoms. The zero-order valence-corrected chi connectivity index (χ0v) is 16.1. The van der Waals surface area contributed by atoms with Crippen LogP contribution in [-0.4, -0.2) is 16.0 Å². The van der Waals surface area contributed by atoms with Gasteiger partial charge in [0.2, 0.25) is 11.7 Å². The van der Waals surface area contributed by atoms with Crippen LogP contribution in [0.3, 0.4) is 0 Å². The highest BCUT2D eigenvalue weighted by molar-refractivity contribution is 5.94. The first-order valence-electron chi connectivity index (χ1n) is 9.49. The van der Waals surface area contributed by atoms with E-state index in [1.165, 1.54) is 0 Å². The first-order valence-corrected chi connectivity index (χ1v) is 9.49. The molecule has 1 unspecified atom stereocenters. The van der Waals surface area contributed by atoms with Crippen LogP contribution in [0.5, 0.6) is 0 Å². The van der Waals surface area contributed by atoms with Gasteiger partial charge in [0.1, 0.15) is 6.04 Å². The second kappa shape index (κ2) is 8.52. The first-order chi connectivity index (χ1) is 14.2. The molecule has 0 spiro atoms. The molecular formula is C24H21N3O2. The molecule has 144 valence electrons. The quantitative estimate of drug-likeness (QED) is 0.521. The Bertz CT molecular complexity index is 1090. The highest BCUT2D eigenvalue weighted by atomic mass is 16.5. The lowest BCUT2D eigenvalue weighted by Gasteiger charge is -2.15. The van der Waals surface area contributed by atoms with Crippen LogP contribution in [0, 0.1) is 6.92 Å². The fourth-order valence-electron chi connectivity index (χ4n) is 3.16. The van der Waals surface area contributed by atoms with Crippen LogP contribution in [0.15, 0.2) is 89.5 Å². The van der Waals surface area contributed by atoms with E-state index < -0.39 is 6.04 Å². The summed E-state index contributed by atoms with van der Waals surface area (Å²) in [6.07, 6.45) is 0.550. The van der Waals surface area contributed by atoms with Gasteiger partial charge >= 0.3 is 0 Å². The number of aryl methyl sites for hydroxylation is 1. The first kappa shape index (κ1) is 18.6. The van der Waals surface area contributed by atoms with Crippen molar-refractivity contribution in [1.29, 1.82) is 0 Å². The lowest BCUT2D eigenvalue weighted by atomic mass is 10.1. The molecule has 0 saturated heterocycles. The zero-order chi connectivity index (χ0) is 20.1. The van der Waals surface area contributed by atoms with E-state index in [4.69, 9.17) is 4.52 Å². The van der Waals surface area contributed by atoms with E-state index in [2.05, 4.69) is 15.5 Å². The van der Waals surface area contributed by atoms with Crippen LogP contribution >= 0.6 is 0 Å². The number of nitrogens with one attached hydrogen (secondary N) is 1. The molecule has 29 heavy (non-hydrogen) atoms. The maximum atomic E-state index is 12.7. The van der Waals surface area contributed by atoms with Crippen LogP contribution in [0.25, 0.3) is 11.4 Å². The van der Waals surface area contributed by atoms with Gasteiger partial charge < -0.3 is 9.84 Å². The van der Waals surface area contributed by atoms with Crippen LogP contribution < -0.4 is 5.32 Å². The summed E-state index contributed by atoms with van der Waals surface area (Å²) in [4.78, 5) is 17.3. The summed E-state index contributed by atoms with van der Waals surface area (Å²) in [5.41, 5.74) is 3.66. The second-order valence-electron chi connectivity index (χ2n) is 6.91. The molecule has 0 aliphatic heterocycles. The molecule has 3 aromatic carbocycles. The van der Waals surface area contributed by atoms with Gasteiger partial charge in [0.25, 0.3) is 5.91 Å². The third kappa shape index (κ3) is 4.58. The third-order valence-electron chi connectivity index (χ3n) is 4.64. The molecule has 4 rings (SSSR count). The Hall–Kier alpha value is -3.73. The van der Waals surface area contributed by atoms with Crippen LogP contribution in [0.2, 0.25) is 0 Å². The van der Waals surface area contributed by atoms with E-state index in [0.717, 1.165) is 16.7 Å². The van der Waals surface area contributed by atoms with Crippen LogP contribution in [0.4, 0.5) is 0 Å². The number of hydrogen-bond donors (Lipinski definition) is 1. The number of aromatic nitrogens is 2. The predicted molar refractivity (Wildman–Crippen MR) is 111 cm³/mol. The number of amides is 1. The van der Waals surface area contributed by atoms with Crippen molar-refractivity contribution < 1.29 is 9.32 Å². The van der Waals surface area contributed by atoms with Crippen molar-refractivity contribution in [2.24, 2.45) is 0 Å². The van der Waals surface area contributed by atoms with Crippen molar-refractivity contribution in [2.45, 2.75) is 19.4 Å². The molecule has 0 fully saturated rings. The number of hydrogen-bond acceptors (Lipinski definition) is 4. The van der Waals surface area contributed by atoms with Gasteiger partial charge in [-0.3, -0.25) is 4.79 Å². The average molecular weight is 383 g/mol. The number of carbonyl (C=O) groups is 1. The fourth-order valence-corrected chi connectivity index (χ4v) is 3.16. The van der Waals surface area contributed by atoms with Crippen molar-refractivity contribution in [3.05, 3.63) is 108 Å². The molecule has 5 nitrogen and oxygen atoms in total. The van der Waals surface area contributed by atoms with Crippen molar-refractivity contribution in [1.82, 2.24) is 15.5 Å². The minimum atomic E-state index is -0.434. The molecule has 4 aromatic rings. The molecular weight excluding hydrogens is 362 g/mol. The van der Waals surface area contributed by atoms with Crippen LogP contribution in [0.1, 0.15) is 33.4 Å². The lowest BCUT2D eigenvalue weighted by molar-refractivity contribution is 0.0928. The summed E-state index contributed by atoms with van der Waals surface area (Å²) < 4.78 is 5.55. The summed E-state index contributed by atoms with van der Waals surface area (Å²) in [6.45, 7) is 2.02. The van der Waals surface area contributed by atoms with Crippen molar-refractivity contribution in [3.8, 4) is 11.4 Å². The summed E-state index contributed by atoms with van der Waals surface area (Å²) in [6, 6.07) is 26.5. The maximum Gasteiger partial charge on any atom is 0.251 e. The maximum absolute atomic E-state index is 12.7. The highest BCUT2D eigenvalue weighted by Gasteiger charge is 2.23. The van der Waals surface area contributed by atoms with Gasteiger partial charge in [-0.15, -0.1) is 0 Å². The Morgan fingerprint density at radius 1 is 0.966 bits per heavy atom. The van der Waals surface area contributed by atoms with E-state index in [0.29, 0.717) is 23.7 Å². The summed E-state index contributed by atoms with van der Waals surface area (Å²) in [5, 5.41) is 7.17. The predicted octanol–water partition coefficient (Wildman–Crippen LogP) is 4.76. The molecule has 1 atom stereocenters. The Morgan fingerprint density at radius 3 is 2.41 bits per heavy atom. The molecule has 1 aromatic heterocycles. The van der Waals surface area contributed by atoms with Crippen molar-refractivity contribution in [2.75, 3.05) is 0 Å². The molecule has 0 aliphatic carbocycles. The molecule has 1 amide bonds. The van der Waals surface area contributed by atoms with E-state index in [1.54, 1.807) is 12.1 Å². The monoisotopic (exact) mass is 383 g/mol. The summed E-state index contributed by atoms with van der Waals surface area (Å²) in [7, 11) is 0. The third-order valence-corrected chi connectivity index (χ3v) is 4.64. The molecule has 0 radical (unpaired) electrons. The number of benzene rings is 3. The van der Waals surface area contributed by atoms with Gasteiger partial charge in [0.05, 0.1) is 0 Å². The fraction of sp³-hybridized carbons (Fsp3) is 0.125. The van der Waals surface area contributed by atoms with Gasteiger partial charge in [-0.1, -0.05) is 77.5 Å². The average Bonchev–Trinajstić information content (AvgIpc) is 3.25. The van der Waals surface area contributed by atoms with E-state index in [-0.39, 0.29) is 5.91 Å². The van der Waals surface area contributed by atoms with E-state index in [1.807, 2.05) is 79.7 Å². The van der Waals surface area contributed by atoms with Crippen molar-refractivity contribution in [3.63, 3.8) is 0 Å². The molecule has 0 aliphatic rings. The molecule has 5 heteroatoms. The number of carbonyl (C=O) groups excluding carboxylic acids is 1. The van der Waals surface area contributed by atoms with Gasteiger partial charge in [-0.2, -0.15) is 4.98 Å². The summed E-state index contributed by atoms with van der Waals surface area (Å²) in [5.74, 6) is 0.715. The van der Waals surface area contributed by atoms with Crippen molar-refractivity contribution >= 4 is 5.91 Å². The highest BCUT2D eigenvalue weighted by Crippen LogP contribution is 2.22. The normalized spacial score (nSPS) is 11.8. The van der Waals surface area contributed by atoms with Gasteiger partial charge in [0, 0.05) is 17.5 Å². The van der Waals surface area contributed by atoms with E-state index >= 15 is 0 Å². The lowest BCUT2D eigenvalue weighted by Crippen LogP contribution is -2.30. The minimum Gasteiger partial charge on any atom is -0.340 e. The topological polar surface area (TPSA) is 68.0 Å². The Labute approximate surface area is 169 Å². The SMILES string of the molecule is Cc1cccc(-c2noc(C(Cc3ccccc3)NC(=O)c3ccccc3)n2)c1. The Balaban J connectivity index is 1.62. The van der Waals surface area contributed by atoms with Gasteiger partial charge in [-0.05, 0) is 30.7 Å². The van der Waals surface area contributed by atoms with Crippen LogP contribution in [-0.2, 0) is 6.42 Å². The van der Waals surface area contributed by atoms with E-state index in [9.17, 15) is 4.79 Å². The standard InChI is InChI=1S/C24H21N3O2/c1-17-9-8-14-20(15-17)22-26-24(29-27-22)21(16-18-10-4-2-5-11-18)25-23(28)19-12-6-3-7-13-19/h2-15,21H,16H2,1H3,(H,25,28). The van der Waals surface area contributed by atoms with Gasteiger partial charge in [-0.25, -0.2) is 0 Å². The molecule has 1 N–H and O–H groups in total. The molecule has 1 heterocycles. The minimum absolute atomic E-state index is 0.179. The number of nitrogens with zero attached hydrogens (tertiary/aromatic N) is 2. The Kier molecular flexibility index (Phi) is 5.47. The van der Waals surface area contributed by atoms with Gasteiger partial charge in [0.15, 0.2) is 0 Å². The summed E-state index contributed by atoms with van der Waals surface area (Å²) >= 11 is 0. The largest absolute Gasteiger partial charge is 0.340 e.